The van der Waals surface area contributed by atoms with Crippen LogP contribution >= 0.6 is 0 Å². The van der Waals surface area contributed by atoms with E-state index in [0.717, 1.165) is 19.3 Å². The summed E-state index contributed by atoms with van der Waals surface area (Å²) in [5.41, 5.74) is 0.542. The molecule has 1 aliphatic carbocycles. The normalized spacial score (nSPS) is 18.0. The van der Waals surface area contributed by atoms with Gasteiger partial charge in [-0.05, 0) is 38.0 Å². The Labute approximate surface area is 123 Å². The monoisotopic (exact) mass is 289 g/mol. The smallest absolute Gasteiger partial charge is 0.231 e. The highest BCUT2D eigenvalue weighted by Crippen LogP contribution is 2.33. The first-order valence-electron chi connectivity index (χ1n) is 7.28. The minimum Gasteiger partial charge on any atom is -0.454 e. The lowest BCUT2D eigenvalue weighted by atomic mass is 9.84. The summed E-state index contributed by atoms with van der Waals surface area (Å²) in [5.74, 6) is 1.33. The number of amides is 1. The van der Waals surface area contributed by atoms with Crippen molar-refractivity contribution in [1.82, 2.24) is 4.90 Å². The highest BCUT2D eigenvalue weighted by Gasteiger charge is 2.32. The largest absolute Gasteiger partial charge is 0.454 e. The van der Waals surface area contributed by atoms with Crippen molar-refractivity contribution in [3.8, 4) is 11.5 Å². The Morgan fingerprint density at radius 2 is 1.95 bits per heavy atom. The van der Waals surface area contributed by atoms with Crippen molar-refractivity contribution in [2.75, 3.05) is 13.8 Å². The first-order chi connectivity index (χ1) is 10.1. The van der Waals surface area contributed by atoms with E-state index >= 15 is 0 Å². The summed E-state index contributed by atoms with van der Waals surface area (Å²) in [4.78, 5) is 26.3. The van der Waals surface area contributed by atoms with E-state index in [1.165, 1.54) is 0 Å². The molecule has 1 aromatic carbocycles. The lowest BCUT2D eigenvalue weighted by Gasteiger charge is -2.32. The van der Waals surface area contributed by atoms with Gasteiger partial charge in [0.2, 0.25) is 12.7 Å². The molecule has 5 nitrogen and oxygen atoms in total. The van der Waals surface area contributed by atoms with Crippen molar-refractivity contribution in [2.24, 2.45) is 5.92 Å². The van der Waals surface area contributed by atoms with Crippen molar-refractivity contribution < 1.29 is 19.1 Å². The van der Waals surface area contributed by atoms with Crippen LogP contribution in [0.2, 0.25) is 0 Å². The van der Waals surface area contributed by atoms with Gasteiger partial charge in [-0.15, -0.1) is 0 Å². The Bertz CT molecular complexity index is 580. The van der Waals surface area contributed by atoms with Gasteiger partial charge >= 0.3 is 0 Å². The third-order valence-electron chi connectivity index (χ3n) is 4.42. The molecule has 0 N–H and O–H groups in total. The summed E-state index contributed by atoms with van der Waals surface area (Å²) in [5, 5.41) is 0. The number of hydrogen-bond donors (Lipinski definition) is 0. The average Bonchev–Trinajstić information content (AvgIpc) is 2.90. The fourth-order valence-corrected chi connectivity index (χ4v) is 2.60. The first-order valence-corrected chi connectivity index (χ1v) is 7.28. The van der Waals surface area contributed by atoms with Gasteiger partial charge in [-0.2, -0.15) is 0 Å². The third kappa shape index (κ3) is 2.48. The van der Waals surface area contributed by atoms with Crippen LogP contribution in [0.5, 0.6) is 11.5 Å². The fraction of sp³-hybridized carbons (Fsp3) is 0.500. The molecule has 2 aliphatic rings. The molecule has 1 atom stereocenters. The molecule has 1 aromatic rings. The second kappa shape index (κ2) is 5.39. The van der Waals surface area contributed by atoms with Gasteiger partial charge in [0.25, 0.3) is 0 Å². The average molecular weight is 289 g/mol. The van der Waals surface area contributed by atoms with Crippen LogP contribution in [0, 0.1) is 5.92 Å². The number of ketones is 1. The fourth-order valence-electron chi connectivity index (χ4n) is 2.60. The first kappa shape index (κ1) is 13.9. The summed E-state index contributed by atoms with van der Waals surface area (Å²) in [6.45, 7) is 1.95. The van der Waals surface area contributed by atoms with Crippen molar-refractivity contribution in [1.29, 1.82) is 0 Å². The van der Waals surface area contributed by atoms with E-state index in [-0.39, 0.29) is 24.4 Å². The molecule has 0 spiro atoms. The number of benzene rings is 1. The molecular weight excluding hydrogens is 270 g/mol. The molecule has 0 unspecified atom stereocenters. The Morgan fingerprint density at radius 1 is 1.24 bits per heavy atom. The molecule has 0 saturated heterocycles. The second-order valence-electron chi connectivity index (χ2n) is 5.69. The Morgan fingerprint density at radius 3 is 2.62 bits per heavy atom. The zero-order valence-electron chi connectivity index (χ0n) is 12.3. The maximum atomic E-state index is 12.5. The van der Waals surface area contributed by atoms with Crippen molar-refractivity contribution in [3.63, 3.8) is 0 Å². The third-order valence-corrected chi connectivity index (χ3v) is 4.42. The minimum absolute atomic E-state index is 0.0721. The lowest BCUT2D eigenvalue weighted by Crippen LogP contribution is -2.44. The van der Waals surface area contributed by atoms with Crippen LogP contribution in [0.25, 0.3) is 0 Å². The summed E-state index contributed by atoms with van der Waals surface area (Å²) >= 11 is 0. The summed E-state index contributed by atoms with van der Waals surface area (Å²) in [6.07, 6.45) is 2.98. The van der Waals surface area contributed by atoms with Gasteiger partial charge in [-0.25, -0.2) is 0 Å². The van der Waals surface area contributed by atoms with Gasteiger partial charge in [0.15, 0.2) is 17.3 Å². The van der Waals surface area contributed by atoms with Crippen LogP contribution in [0.1, 0.15) is 36.5 Å². The number of ether oxygens (including phenoxy) is 2. The highest BCUT2D eigenvalue weighted by atomic mass is 16.7. The van der Waals surface area contributed by atoms with Crippen molar-refractivity contribution >= 4 is 11.7 Å². The second-order valence-corrected chi connectivity index (χ2v) is 5.69. The number of Topliss-reactive ketones (excluding diaryl/α,β-unsaturated/α-hetero) is 1. The van der Waals surface area contributed by atoms with Crippen LogP contribution in [-0.2, 0) is 4.79 Å². The minimum atomic E-state index is -0.474. The molecule has 0 aromatic heterocycles. The Hall–Kier alpha value is -2.04. The highest BCUT2D eigenvalue weighted by molar-refractivity contribution is 6.02. The van der Waals surface area contributed by atoms with Crippen molar-refractivity contribution in [2.45, 2.75) is 32.2 Å². The quantitative estimate of drug-likeness (QED) is 0.798. The standard InChI is InChI=1S/C16H19NO4/c1-10(17(2)16(19)11-4-3-5-11)15(18)12-6-7-13-14(8-12)21-9-20-13/h6-8,10-11H,3-5,9H2,1-2H3/t10-/m0/s1. The van der Waals surface area contributed by atoms with Crippen LogP contribution in [0.15, 0.2) is 18.2 Å². The number of hydrogen-bond acceptors (Lipinski definition) is 4. The van der Waals surface area contributed by atoms with E-state index in [2.05, 4.69) is 0 Å². The maximum absolute atomic E-state index is 12.5. The van der Waals surface area contributed by atoms with E-state index in [9.17, 15) is 9.59 Å². The lowest BCUT2D eigenvalue weighted by molar-refractivity contribution is -0.137. The van der Waals surface area contributed by atoms with Crippen molar-refractivity contribution in [3.05, 3.63) is 23.8 Å². The number of rotatable bonds is 4. The molecule has 1 amide bonds. The molecule has 112 valence electrons. The molecule has 1 aliphatic heterocycles. The van der Waals surface area contributed by atoms with Gasteiger partial charge in [0.1, 0.15) is 0 Å². The topological polar surface area (TPSA) is 55.8 Å². The zero-order valence-corrected chi connectivity index (χ0v) is 12.3. The molecule has 5 heteroatoms. The predicted octanol–water partition coefficient (Wildman–Crippen LogP) is 2.25. The SMILES string of the molecule is C[C@@H](C(=O)c1ccc2c(c1)OCO2)N(C)C(=O)C1CCC1. The summed E-state index contributed by atoms with van der Waals surface area (Å²) in [7, 11) is 1.70. The maximum Gasteiger partial charge on any atom is 0.231 e. The molecule has 0 radical (unpaired) electrons. The molecule has 3 rings (SSSR count). The van der Waals surface area contributed by atoms with E-state index in [1.54, 1.807) is 37.1 Å². The van der Waals surface area contributed by atoms with Gasteiger partial charge in [-0.1, -0.05) is 6.42 Å². The van der Waals surface area contributed by atoms with E-state index < -0.39 is 6.04 Å². The van der Waals surface area contributed by atoms with Crippen LogP contribution in [0.4, 0.5) is 0 Å². The Balaban J connectivity index is 1.73. The summed E-state index contributed by atoms with van der Waals surface area (Å²) in [6, 6.07) is 4.66. The van der Waals surface area contributed by atoms with Crippen LogP contribution < -0.4 is 9.47 Å². The predicted molar refractivity (Wildman–Crippen MR) is 76.5 cm³/mol. The van der Waals surface area contributed by atoms with Crippen LogP contribution in [-0.4, -0.2) is 36.5 Å². The molecule has 1 heterocycles. The van der Waals surface area contributed by atoms with Crippen LogP contribution in [0.3, 0.4) is 0 Å². The van der Waals surface area contributed by atoms with Gasteiger partial charge in [0, 0.05) is 18.5 Å². The molecule has 1 fully saturated rings. The van der Waals surface area contributed by atoms with E-state index in [4.69, 9.17) is 9.47 Å². The van der Waals surface area contributed by atoms with E-state index in [1.807, 2.05) is 0 Å². The van der Waals surface area contributed by atoms with Gasteiger partial charge < -0.3 is 14.4 Å². The number of carbonyl (C=O) groups excluding carboxylic acids is 2. The van der Waals surface area contributed by atoms with E-state index in [0.29, 0.717) is 17.1 Å². The number of nitrogens with zero attached hydrogens (tertiary/aromatic N) is 1. The number of likely N-dealkylation sites (N-methyl/N-ethyl adjacent to an activating group) is 1. The summed E-state index contributed by atoms with van der Waals surface area (Å²) < 4.78 is 10.5. The Kier molecular flexibility index (Phi) is 3.57. The zero-order chi connectivity index (χ0) is 15.0. The van der Waals surface area contributed by atoms with Gasteiger partial charge in [0.05, 0.1) is 6.04 Å². The molecule has 21 heavy (non-hydrogen) atoms. The molecular formula is C16H19NO4. The van der Waals surface area contributed by atoms with Gasteiger partial charge in [-0.3, -0.25) is 9.59 Å². The molecule has 0 bridgehead atoms. The molecule has 1 saturated carbocycles. The number of fused-ring (bicyclic) bond motifs is 1. The number of carbonyl (C=O) groups is 2.